The fourth-order valence-electron chi connectivity index (χ4n) is 1.55. The van der Waals surface area contributed by atoms with Crippen molar-refractivity contribution in [2.75, 3.05) is 0 Å². The van der Waals surface area contributed by atoms with Gasteiger partial charge in [-0.1, -0.05) is 12.1 Å². The number of hydrogen-bond acceptors (Lipinski definition) is 4. The zero-order valence-electron chi connectivity index (χ0n) is 11.0. The highest BCUT2D eigenvalue weighted by Gasteiger charge is 1.99. The number of aromatic nitrogens is 2. The van der Waals surface area contributed by atoms with Crippen LogP contribution in [0, 0.1) is 6.92 Å². The summed E-state index contributed by atoms with van der Waals surface area (Å²) < 4.78 is 5.57. The lowest BCUT2D eigenvalue weighted by molar-refractivity contribution is -0.131. The van der Waals surface area contributed by atoms with Crippen molar-refractivity contribution in [3.8, 4) is 5.75 Å². The topological polar surface area (TPSA) is 72.3 Å². The molecule has 0 atom stereocenters. The first kappa shape index (κ1) is 13.7. The number of carboxylic acid groups (broad SMARTS) is 1. The number of carboxylic acids is 1. The Labute approximate surface area is 116 Å². The molecule has 2 rings (SSSR count). The molecule has 20 heavy (non-hydrogen) atoms. The molecular weight excluding hydrogens is 256 g/mol. The van der Waals surface area contributed by atoms with Crippen LogP contribution in [0.25, 0.3) is 6.08 Å². The van der Waals surface area contributed by atoms with Gasteiger partial charge in [-0.25, -0.2) is 14.8 Å². The first-order valence-corrected chi connectivity index (χ1v) is 6.05. The van der Waals surface area contributed by atoms with E-state index < -0.39 is 5.97 Å². The fraction of sp³-hybridized carbons (Fsp3) is 0.133. The zero-order chi connectivity index (χ0) is 14.4. The molecule has 0 aliphatic heterocycles. The smallest absolute Gasteiger partial charge is 0.328 e. The minimum absolute atomic E-state index is 0.270. The molecule has 1 N–H and O–H groups in total. The van der Waals surface area contributed by atoms with Crippen molar-refractivity contribution in [3.05, 3.63) is 59.7 Å². The normalized spacial score (nSPS) is 10.7. The van der Waals surface area contributed by atoms with Crippen LogP contribution in [-0.4, -0.2) is 21.0 Å². The van der Waals surface area contributed by atoms with E-state index >= 15 is 0 Å². The summed E-state index contributed by atoms with van der Waals surface area (Å²) in [6, 6.07) is 7.72. The Morgan fingerprint density at radius 2 is 2.10 bits per heavy atom. The van der Waals surface area contributed by atoms with Crippen LogP contribution in [0.1, 0.15) is 17.0 Å². The largest absolute Gasteiger partial charge is 0.486 e. The van der Waals surface area contributed by atoms with E-state index in [1.54, 1.807) is 12.4 Å². The van der Waals surface area contributed by atoms with E-state index in [1.165, 1.54) is 6.08 Å². The van der Waals surface area contributed by atoms with Gasteiger partial charge in [-0.05, 0) is 30.7 Å². The molecule has 0 unspecified atom stereocenters. The van der Waals surface area contributed by atoms with Crippen molar-refractivity contribution in [1.29, 1.82) is 0 Å². The highest BCUT2D eigenvalue weighted by molar-refractivity contribution is 5.85. The van der Waals surface area contributed by atoms with Crippen LogP contribution < -0.4 is 4.74 Å². The molecule has 102 valence electrons. The number of rotatable bonds is 5. The number of aliphatic carboxylic acids is 1. The lowest BCUT2D eigenvalue weighted by Crippen LogP contribution is -2.01. The van der Waals surface area contributed by atoms with Gasteiger partial charge in [0, 0.05) is 24.0 Å². The maximum Gasteiger partial charge on any atom is 0.328 e. The van der Waals surface area contributed by atoms with E-state index in [0.717, 1.165) is 17.4 Å². The Morgan fingerprint density at radius 3 is 2.75 bits per heavy atom. The summed E-state index contributed by atoms with van der Waals surface area (Å²) in [6.07, 6.45) is 5.60. The second-order valence-corrected chi connectivity index (χ2v) is 4.21. The number of aryl methyl sites for hydroxylation is 1. The van der Waals surface area contributed by atoms with Gasteiger partial charge in [-0.2, -0.15) is 0 Å². The van der Waals surface area contributed by atoms with Crippen molar-refractivity contribution < 1.29 is 14.6 Å². The Hall–Kier alpha value is -2.69. The molecule has 0 amide bonds. The predicted octanol–water partition coefficient (Wildman–Crippen LogP) is 2.46. The van der Waals surface area contributed by atoms with E-state index in [-0.39, 0.29) is 6.61 Å². The maximum atomic E-state index is 10.4. The Kier molecular flexibility index (Phi) is 4.44. The Bertz CT molecular complexity index is 621. The SMILES string of the molecule is Cc1cccc(OCc2ncc(/C=C/C(=O)O)cn2)c1. The highest BCUT2D eigenvalue weighted by atomic mass is 16.5. The number of carbonyl (C=O) groups is 1. The van der Waals surface area contributed by atoms with Crippen molar-refractivity contribution in [3.63, 3.8) is 0 Å². The monoisotopic (exact) mass is 270 g/mol. The molecule has 0 fully saturated rings. The molecule has 1 aromatic carbocycles. The van der Waals surface area contributed by atoms with Crippen LogP contribution in [-0.2, 0) is 11.4 Å². The summed E-state index contributed by atoms with van der Waals surface area (Å²) >= 11 is 0. The van der Waals surface area contributed by atoms with Crippen LogP contribution in [0.3, 0.4) is 0 Å². The first-order chi connectivity index (χ1) is 9.63. The van der Waals surface area contributed by atoms with E-state index in [4.69, 9.17) is 9.84 Å². The fourth-order valence-corrected chi connectivity index (χ4v) is 1.55. The summed E-state index contributed by atoms with van der Waals surface area (Å²) in [5.74, 6) is 0.305. The number of benzene rings is 1. The van der Waals surface area contributed by atoms with Crippen molar-refractivity contribution >= 4 is 12.0 Å². The molecule has 5 nitrogen and oxygen atoms in total. The molecule has 0 bridgehead atoms. The second-order valence-electron chi connectivity index (χ2n) is 4.21. The molecule has 0 aliphatic rings. The summed E-state index contributed by atoms with van der Waals surface area (Å²) in [5.41, 5.74) is 1.75. The molecule has 0 radical (unpaired) electrons. The quantitative estimate of drug-likeness (QED) is 0.845. The molecular formula is C15H14N2O3. The minimum Gasteiger partial charge on any atom is -0.486 e. The van der Waals surface area contributed by atoms with E-state index in [2.05, 4.69) is 9.97 Å². The van der Waals surface area contributed by atoms with Gasteiger partial charge < -0.3 is 9.84 Å². The average molecular weight is 270 g/mol. The van der Waals surface area contributed by atoms with Gasteiger partial charge in [0.05, 0.1) is 0 Å². The molecule has 0 saturated carbocycles. The van der Waals surface area contributed by atoms with Gasteiger partial charge in [0.1, 0.15) is 12.4 Å². The maximum absolute atomic E-state index is 10.4. The highest BCUT2D eigenvalue weighted by Crippen LogP contribution is 2.13. The average Bonchev–Trinajstić information content (AvgIpc) is 2.44. The zero-order valence-corrected chi connectivity index (χ0v) is 11.0. The van der Waals surface area contributed by atoms with Crippen LogP contribution in [0.5, 0.6) is 5.75 Å². The molecule has 0 saturated heterocycles. The molecule has 5 heteroatoms. The first-order valence-electron chi connectivity index (χ1n) is 6.05. The lowest BCUT2D eigenvalue weighted by atomic mass is 10.2. The third kappa shape index (κ3) is 4.20. The van der Waals surface area contributed by atoms with Crippen molar-refractivity contribution in [2.24, 2.45) is 0 Å². The lowest BCUT2D eigenvalue weighted by Gasteiger charge is -2.05. The number of hydrogen-bond donors (Lipinski definition) is 1. The van der Waals surface area contributed by atoms with Crippen molar-refractivity contribution in [1.82, 2.24) is 9.97 Å². The van der Waals surface area contributed by atoms with Gasteiger partial charge in [0.2, 0.25) is 0 Å². The van der Waals surface area contributed by atoms with Crippen LogP contribution in [0.15, 0.2) is 42.7 Å². The van der Waals surface area contributed by atoms with Gasteiger partial charge >= 0.3 is 5.97 Å². The summed E-state index contributed by atoms with van der Waals surface area (Å²) in [7, 11) is 0. The summed E-state index contributed by atoms with van der Waals surface area (Å²) in [6.45, 7) is 2.26. The van der Waals surface area contributed by atoms with Crippen LogP contribution >= 0.6 is 0 Å². The molecule has 0 aliphatic carbocycles. The summed E-state index contributed by atoms with van der Waals surface area (Å²) in [5, 5.41) is 8.51. The van der Waals surface area contributed by atoms with E-state index in [0.29, 0.717) is 11.4 Å². The van der Waals surface area contributed by atoms with Crippen LogP contribution in [0.4, 0.5) is 0 Å². The van der Waals surface area contributed by atoms with Crippen molar-refractivity contribution in [2.45, 2.75) is 13.5 Å². The number of nitrogens with zero attached hydrogens (tertiary/aromatic N) is 2. The van der Waals surface area contributed by atoms with Gasteiger partial charge in [-0.3, -0.25) is 0 Å². The second kappa shape index (κ2) is 6.47. The Balaban J connectivity index is 1.95. The molecule has 2 aromatic rings. The van der Waals surface area contributed by atoms with E-state index in [9.17, 15) is 4.79 Å². The van der Waals surface area contributed by atoms with Gasteiger partial charge in [0.25, 0.3) is 0 Å². The molecule has 0 spiro atoms. The standard InChI is InChI=1S/C15H14N2O3/c1-11-3-2-4-13(7-11)20-10-14-16-8-12(9-17-14)5-6-15(18)19/h2-9H,10H2,1H3,(H,18,19)/b6-5+. The Morgan fingerprint density at radius 1 is 1.35 bits per heavy atom. The van der Waals surface area contributed by atoms with Gasteiger partial charge in [-0.15, -0.1) is 0 Å². The minimum atomic E-state index is -1.00. The third-order valence-electron chi connectivity index (χ3n) is 2.50. The summed E-state index contributed by atoms with van der Waals surface area (Å²) in [4.78, 5) is 18.6. The molecule has 1 heterocycles. The third-order valence-corrected chi connectivity index (χ3v) is 2.50. The van der Waals surface area contributed by atoms with Crippen LogP contribution in [0.2, 0.25) is 0 Å². The molecule has 1 aromatic heterocycles. The predicted molar refractivity (Wildman–Crippen MR) is 74.2 cm³/mol. The van der Waals surface area contributed by atoms with Gasteiger partial charge in [0.15, 0.2) is 5.82 Å². The van der Waals surface area contributed by atoms with E-state index in [1.807, 2.05) is 31.2 Å². The number of ether oxygens (including phenoxy) is 1.